The van der Waals surface area contributed by atoms with Crippen LogP contribution in [0.25, 0.3) is 0 Å². The van der Waals surface area contributed by atoms with Gasteiger partial charge >= 0.3 is 0 Å². The molecule has 0 aromatic heterocycles. The van der Waals surface area contributed by atoms with Gasteiger partial charge in [0.1, 0.15) is 0 Å². The van der Waals surface area contributed by atoms with E-state index in [2.05, 4.69) is 6.92 Å². The highest BCUT2D eigenvalue weighted by molar-refractivity contribution is 4.88. The average molecular weight is 167 g/mol. The van der Waals surface area contributed by atoms with Crippen molar-refractivity contribution >= 4 is 0 Å². The lowest BCUT2D eigenvalue weighted by atomic mass is 9.67. The van der Waals surface area contributed by atoms with Gasteiger partial charge < -0.3 is 5.73 Å². The summed E-state index contributed by atoms with van der Waals surface area (Å²) in [6.45, 7) is 2.37. The third-order valence-corrected chi connectivity index (χ3v) is 4.19. The molecular weight excluding hydrogens is 146 g/mol. The van der Waals surface area contributed by atoms with Crippen molar-refractivity contribution in [3.05, 3.63) is 0 Å². The molecule has 0 heterocycles. The zero-order chi connectivity index (χ0) is 8.55. The fraction of sp³-hybridized carbons (Fsp3) is 1.00. The Hall–Kier alpha value is -0.0400. The maximum atomic E-state index is 6.23. The molecule has 2 aliphatic carbocycles. The van der Waals surface area contributed by atoms with Crippen molar-refractivity contribution in [1.29, 1.82) is 0 Å². The zero-order valence-electron chi connectivity index (χ0n) is 8.13. The molecule has 2 atom stereocenters. The van der Waals surface area contributed by atoms with Crippen LogP contribution in [0.4, 0.5) is 0 Å². The lowest BCUT2D eigenvalue weighted by Gasteiger charge is -2.41. The molecule has 0 bridgehead atoms. The Balaban J connectivity index is 1.80. The number of nitrogens with two attached hydrogens (primary N) is 1. The van der Waals surface area contributed by atoms with Crippen LogP contribution in [0, 0.1) is 17.8 Å². The Kier molecular flexibility index (Phi) is 2.40. The Morgan fingerprint density at radius 2 is 1.50 bits per heavy atom. The van der Waals surface area contributed by atoms with Crippen LogP contribution >= 0.6 is 0 Å². The molecule has 2 rings (SSSR count). The van der Waals surface area contributed by atoms with Gasteiger partial charge in [-0.05, 0) is 30.6 Å². The Morgan fingerprint density at radius 3 is 1.83 bits per heavy atom. The normalized spacial score (nSPS) is 30.5. The molecule has 2 saturated carbocycles. The fourth-order valence-electron chi connectivity index (χ4n) is 2.53. The van der Waals surface area contributed by atoms with Crippen LogP contribution in [-0.4, -0.2) is 6.04 Å². The summed E-state index contributed by atoms with van der Waals surface area (Å²) in [5.41, 5.74) is 6.23. The second kappa shape index (κ2) is 3.37. The number of rotatable bonds is 3. The smallest absolute Gasteiger partial charge is 0.00956 e. The summed E-state index contributed by atoms with van der Waals surface area (Å²) in [5, 5.41) is 0. The molecular formula is C11H21N. The van der Waals surface area contributed by atoms with Crippen molar-refractivity contribution in [2.75, 3.05) is 0 Å². The number of hydrogen-bond acceptors (Lipinski definition) is 1. The summed E-state index contributed by atoms with van der Waals surface area (Å²) in [6, 6.07) is 0.518. The Labute approximate surface area is 75.7 Å². The van der Waals surface area contributed by atoms with Crippen LogP contribution in [0.3, 0.4) is 0 Å². The second-order valence-corrected chi connectivity index (χ2v) is 4.82. The maximum absolute atomic E-state index is 6.23. The first-order valence-corrected chi connectivity index (χ1v) is 5.54. The van der Waals surface area contributed by atoms with Crippen molar-refractivity contribution < 1.29 is 0 Å². The van der Waals surface area contributed by atoms with Crippen molar-refractivity contribution in [2.24, 2.45) is 23.5 Å². The first-order valence-electron chi connectivity index (χ1n) is 5.54. The van der Waals surface area contributed by atoms with Gasteiger partial charge in [0.2, 0.25) is 0 Å². The van der Waals surface area contributed by atoms with Gasteiger partial charge in [0.25, 0.3) is 0 Å². The molecule has 12 heavy (non-hydrogen) atoms. The molecule has 2 unspecified atom stereocenters. The van der Waals surface area contributed by atoms with Crippen LogP contribution in [0.1, 0.15) is 45.4 Å². The minimum absolute atomic E-state index is 0.518. The van der Waals surface area contributed by atoms with Crippen LogP contribution in [0.5, 0.6) is 0 Å². The van der Waals surface area contributed by atoms with Gasteiger partial charge in [-0.15, -0.1) is 0 Å². The van der Waals surface area contributed by atoms with E-state index in [4.69, 9.17) is 5.73 Å². The standard InChI is InChI=1S/C11H21N/c1-8(9-4-2-5-9)11(12)10-6-3-7-10/h8-11H,2-7,12H2,1H3. The lowest BCUT2D eigenvalue weighted by Crippen LogP contribution is -2.43. The van der Waals surface area contributed by atoms with Crippen molar-refractivity contribution in [1.82, 2.24) is 0 Å². The van der Waals surface area contributed by atoms with E-state index in [-0.39, 0.29) is 0 Å². The molecule has 2 fully saturated rings. The summed E-state index contributed by atoms with van der Waals surface area (Å²) in [4.78, 5) is 0. The first-order chi connectivity index (χ1) is 5.79. The Bertz CT molecular complexity index is 129. The molecule has 0 saturated heterocycles. The summed E-state index contributed by atoms with van der Waals surface area (Å²) in [7, 11) is 0. The van der Waals surface area contributed by atoms with Crippen LogP contribution in [0.15, 0.2) is 0 Å². The SMILES string of the molecule is CC(C1CCC1)C(N)C1CCC1. The van der Waals surface area contributed by atoms with Gasteiger partial charge in [0.05, 0.1) is 0 Å². The van der Waals surface area contributed by atoms with Crippen molar-refractivity contribution in [3.63, 3.8) is 0 Å². The first kappa shape index (κ1) is 8.55. The maximum Gasteiger partial charge on any atom is 0.00956 e. The minimum Gasteiger partial charge on any atom is -0.327 e. The lowest BCUT2D eigenvalue weighted by molar-refractivity contribution is 0.130. The fourth-order valence-corrected chi connectivity index (χ4v) is 2.53. The molecule has 1 heteroatoms. The summed E-state index contributed by atoms with van der Waals surface area (Å²) < 4.78 is 0. The Morgan fingerprint density at radius 1 is 1.00 bits per heavy atom. The largest absolute Gasteiger partial charge is 0.327 e. The van der Waals surface area contributed by atoms with Crippen LogP contribution in [-0.2, 0) is 0 Å². The van der Waals surface area contributed by atoms with E-state index in [0.717, 1.165) is 17.8 Å². The molecule has 0 spiro atoms. The van der Waals surface area contributed by atoms with Gasteiger partial charge in [0.15, 0.2) is 0 Å². The van der Waals surface area contributed by atoms with Gasteiger partial charge in [-0.25, -0.2) is 0 Å². The number of hydrogen-bond donors (Lipinski definition) is 1. The van der Waals surface area contributed by atoms with Gasteiger partial charge in [-0.1, -0.05) is 32.6 Å². The predicted octanol–water partition coefficient (Wildman–Crippen LogP) is 2.55. The van der Waals surface area contributed by atoms with Gasteiger partial charge in [-0.2, -0.15) is 0 Å². The molecule has 0 aliphatic heterocycles. The molecule has 2 N–H and O–H groups in total. The van der Waals surface area contributed by atoms with Crippen molar-refractivity contribution in [3.8, 4) is 0 Å². The van der Waals surface area contributed by atoms with E-state index in [0.29, 0.717) is 6.04 Å². The van der Waals surface area contributed by atoms with Crippen molar-refractivity contribution in [2.45, 2.75) is 51.5 Å². The van der Waals surface area contributed by atoms with E-state index in [9.17, 15) is 0 Å². The van der Waals surface area contributed by atoms with Gasteiger partial charge in [0, 0.05) is 6.04 Å². The highest BCUT2D eigenvalue weighted by atomic mass is 14.7. The van der Waals surface area contributed by atoms with E-state index in [1.807, 2.05) is 0 Å². The van der Waals surface area contributed by atoms with Gasteiger partial charge in [-0.3, -0.25) is 0 Å². The molecule has 0 aromatic carbocycles. The highest BCUT2D eigenvalue weighted by Crippen LogP contribution is 2.39. The van der Waals surface area contributed by atoms with Crippen LogP contribution in [0.2, 0.25) is 0 Å². The van der Waals surface area contributed by atoms with E-state index >= 15 is 0 Å². The third-order valence-electron chi connectivity index (χ3n) is 4.19. The summed E-state index contributed by atoms with van der Waals surface area (Å²) in [6.07, 6.45) is 8.57. The quantitative estimate of drug-likeness (QED) is 0.687. The highest BCUT2D eigenvalue weighted by Gasteiger charge is 2.34. The molecule has 2 aliphatic rings. The summed E-state index contributed by atoms with van der Waals surface area (Å²) in [5.74, 6) is 2.64. The molecule has 1 nitrogen and oxygen atoms in total. The topological polar surface area (TPSA) is 26.0 Å². The predicted molar refractivity (Wildman–Crippen MR) is 51.8 cm³/mol. The molecule has 70 valence electrons. The molecule has 0 aromatic rings. The van der Waals surface area contributed by atoms with E-state index in [1.165, 1.54) is 38.5 Å². The third kappa shape index (κ3) is 1.39. The van der Waals surface area contributed by atoms with Crippen LogP contribution < -0.4 is 5.73 Å². The monoisotopic (exact) mass is 167 g/mol. The second-order valence-electron chi connectivity index (χ2n) is 4.82. The van der Waals surface area contributed by atoms with E-state index in [1.54, 1.807) is 0 Å². The molecule has 0 amide bonds. The zero-order valence-corrected chi connectivity index (χ0v) is 8.13. The minimum atomic E-state index is 0.518. The average Bonchev–Trinajstić information content (AvgIpc) is 1.79. The molecule has 0 radical (unpaired) electrons. The van der Waals surface area contributed by atoms with E-state index < -0.39 is 0 Å². The summed E-state index contributed by atoms with van der Waals surface area (Å²) >= 11 is 0.